The van der Waals surface area contributed by atoms with Crippen LogP contribution in [0.25, 0.3) is 0 Å². The Bertz CT molecular complexity index is 337. The van der Waals surface area contributed by atoms with Gasteiger partial charge >= 0.3 is 0 Å². The maximum Gasteiger partial charge on any atom is 0.211 e. The Labute approximate surface area is 123 Å². The van der Waals surface area contributed by atoms with Crippen LogP contribution < -0.4 is 10.0 Å². The molecule has 0 aromatic heterocycles. The van der Waals surface area contributed by atoms with E-state index in [2.05, 4.69) is 10.0 Å². The highest BCUT2D eigenvalue weighted by atomic mass is 35.5. The molecule has 2 fully saturated rings. The van der Waals surface area contributed by atoms with Crippen LogP contribution in [0, 0.1) is 11.8 Å². The fourth-order valence-corrected chi connectivity index (χ4v) is 4.63. The molecule has 6 heteroatoms. The molecule has 1 unspecified atom stereocenters. The molecule has 2 aliphatic rings. The zero-order valence-corrected chi connectivity index (χ0v) is 13.2. The van der Waals surface area contributed by atoms with Gasteiger partial charge in [0.25, 0.3) is 0 Å². The summed E-state index contributed by atoms with van der Waals surface area (Å²) in [7, 11) is -3.06. The van der Waals surface area contributed by atoms with E-state index in [-0.39, 0.29) is 12.4 Å². The van der Waals surface area contributed by atoms with Crippen LogP contribution in [-0.2, 0) is 10.0 Å². The van der Waals surface area contributed by atoms with Gasteiger partial charge in [0, 0.05) is 6.54 Å². The lowest BCUT2D eigenvalue weighted by molar-refractivity contribution is 0.369. The SMILES string of the molecule is Cl.O=S(=O)(CC1CCCCC1)NCC1CCCNC1. The minimum Gasteiger partial charge on any atom is -0.316 e. The minimum absolute atomic E-state index is 0. The van der Waals surface area contributed by atoms with Crippen molar-refractivity contribution in [1.82, 2.24) is 10.0 Å². The van der Waals surface area contributed by atoms with Crippen molar-refractivity contribution in [3.63, 3.8) is 0 Å². The summed E-state index contributed by atoms with van der Waals surface area (Å²) < 4.78 is 26.8. The van der Waals surface area contributed by atoms with Crippen LogP contribution in [0.4, 0.5) is 0 Å². The van der Waals surface area contributed by atoms with Crippen LogP contribution in [0.3, 0.4) is 0 Å². The van der Waals surface area contributed by atoms with E-state index < -0.39 is 10.0 Å². The van der Waals surface area contributed by atoms with Crippen molar-refractivity contribution in [2.75, 3.05) is 25.4 Å². The van der Waals surface area contributed by atoms with Crippen LogP contribution in [0.5, 0.6) is 0 Å². The number of nitrogens with one attached hydrogen (secondary N) is 2. The molecule has 2 N–H and O–H groups in total. The lowest BCUT2D eigenvalue weighted by Gasteiger charge is -2.24. The first-order valence-electron chi connectivity index (χ1n) is 7.34. The largest absolute Gasteiger partial charge is 0.316 e. The van der Waals surface area contributed by atoms with Gasteiger partial charge in [-0.1, -0.05) is 19.3 Å². The molecule has 2 rings (SSSR count). The van der Waals surface area contributed by atoms with Crippen molar-refractivity contribution in [3.8, 4) is 0 Å². The Morgan fingerprint density at radius 1 is 1.00 bits per heavy atom. The number of halogens is 1. The summed E-state index contributed by atoms with van der Waals surface area (Å²) >= 11 is 0. The number of piperidine rings is 1. The van der Waals surface area contributed by atoms with Crippen molar-refractivity contribution < 1.29 is 8.42 Å². The number of rotatable bonds is 5. The standard InChI is InChI=1S/C13H26N2O2S.ClH/c16-18(17,11-12-5-2-1-3-6-12)15-10-13-7-4-8-14-9-13;/h12-15H,1-11H2;1H. The zero-order chi connectivity index (χ0) is 12.8. The predicted octanol–water partition coefficient (Wildman–Crippen LogP) is 1.91. The van der Waals surface area contributed by atoms with Gasteiger partial charge in [0.1, 0.15) is 0 Å². The fraction of sp³-hybridized carbons (Fsp3) is 1.00. The van der Waals surface area contributed by atoms with Gasteiger partial charge in [-0.3, -0.25) is 0 Å². The molecule has 1 heterocycles. The molecular weight excluding hydrogens is 284 g/mol. The summed E-state index contributed by atoms with van der Waals surface area (Å²) in [5.74, 6) is 1.20. The van der Waals surface area contributed by atoms with Crippen LogP contribution in [0.15, 0.2) is 0 Å². The Morgan fingerprint density at radius 3 is 2.32 bits per heavy atom. The second-order valence-corrected chi connectivity index (χ2v) is 7.70. The van der Waals surface area contributed by atoms with E-state index in [0.717, 1.165) is 38.8 Å². The summed E-state index contributed by atoms with van der Waals surface area (Å²) in [6.45, 7) is 2.64. The smallest absolute Gasteiger partial charge is 0.211 e. The summed E-state index contributed by atoms with van der Waals surface area (Å²) in [5.41, 5.74) is 0. The number of hydrogen-bond donors (Lipinski definition) is 2. The first-order valence-corrected chi connectivity index (χ1v) is 8.99. The van der Waals surface area contributed by atoms with Crippen molar-refractivity contribution in [2.24, 2.45) is 11.8 Å². The van der Waals surface area contributed by atoms with E-state index in [9.17, 15) is 8.42 Å². The lowest BCUT2D eigenvalue weighted by Crippen LogP contribution is -2.39. The van der Waals surface area contributed by atoms with E-state index in [4.69, 9.17) is 0 Å². The molecule has 0 amide bonds. The van der Waals surface area contributed by atoms with Gasteiger partial charge in [0.15, 0.2) is 0 Å². The molecular formula is C13H27ClN2O2S. The van der Waals surface area contributed by atoms with Crippen molar-refractivity contribution in [3.05, 3.63) is 0 Å². The molecule has 0 spiro atoms. The molecule has 1 aliphatic carbocycles. The van der Waals surface area contributed by atoms with Crippen LogP contribution >= 0.6 is 12.4 Å². The summed E-state index contributed by atoms with van der Waals surface area (Å²) in [6, 6.07) is 0. The molecule has 114 valence electrons. The zero-order valence-electron chi connectivity index (χ0n) is 11.6. The van der Waals surface area contributed by atoms with Gasteiger partial charge in [-0.2, -0.15) is 0 Å². The van der Waals surface area contributed by atoms with Gasteiger partial charge < -0.3 is 5.32 Å². The summed E-state index contributed by atoms with van der Waals surface area (Å²) in [4.78, 5) is 0. The molecule has 1 saturated carbocycles. The Balaban J connectivity index is 0.00000180. The third-order valence-corrected chi connectivity index (χ3v) is 5.69. The maximum atomic E-state index is 12.0. The van der Waals surface area contributed by atoms with Crippen LogP contribution in [-0.4, -0.2) is 33.8 Å². The highest BCUT2D eigenvalue weighted by molar-refractivity contribution is 7.89. The molecule has 0 aromatic rings. The highest BCUT2D eigenvalue weighted by Crippen LogP contribution is 2.24. The van der Waals surface area contributed by atoms with Crippen LogP contribution in [0.1, 0.15) is 44.9 Å². The first kappa shape index (κ1) is 17.2. The van der Waals surface area contributed by atoms with Crippen molar-refractivity contribution in [1.29, 1.82) is 0 Å². The van der Waals surface area contributed by atoms with Gasteiger partial charge in [0.05, 0.1) is 5.75 Å². The van der Waals surface area contributed by atoms with Gasteiger partial charge in [0.2, 0.25) is 10.0 Å². The molecule has 19 heavy (non-hydrogen) atoms. The van der Waals surface area contributed by atoms with Crippen molar-refractivity contribution in [2.45, 2.75) is 44.9 Å². The van der Waals surface area contributed by atoms with E-state index in [1.54, 1.807) is 0 Å². The molecule has 0 aromatic carbocycles. The third kappa shape index (κ3) is 6.43. The predicted molar refractivity (Wildman–Crippen MR) is 81.2 cm³/mol. The molecule has 4 nitrogen and oxygen atoms in total. The number of sulfonamides is 1. The van der Waals surface area contributed by atoms with Gasteiger partial charge in [-0.15, -0.1) is 12.4 Å². The fourth-order valence-electron chi connectivity index (χ4n) is 3.07. The molecule has 1 atom stereocenters. The Hall–Kier alpha value is 0.160. The lowest BCUT2D eigenvalue weighted by atomic mass is 9.91. The van der Waals surface area contributed by atoms with Crippen molar-refractivity contribution >= 4 is 22.4 Å². The monoisotopic (exact) mass is 310 g/mol. The van der Waals surface area contributed by atoms with Gasteiger partial charge in [-0.25, -0.2) is 13.1 Å². The Morgan fingerprint density at radius 2 is 1.68 bits per heavy atom. The summed E-state index contributed by atoms with van der Waals surface area (Å²) in [6.07, 6.45) is 8.16. The highest BCUT2D eigenvalue weighted by Gasteiger charge is 2.22. The second kappa shape index (κ2) is 8.45. The second-order valence-electron chi connectivity index (χ2n) is 5.85. The quantitative estimate of drug-likeness (QED) is 0.815. The maximum absolute atomic E-state index is 12.0. The average Bonchev–Trinajstić information content (AvgIpc) is 2.38. The van der Waals surface area contributed by atoms with E-state index >= 15 is 0 Å². The van der Waals surface area contributed by atoms with Crippen LogP contribution in [0.2, 0.25) is 0 Å². The number of hydrogen-bond acceptors (Lipinski definition) is 3. The Kier molecular flexibility index (Phi) is 7.65. The average molecular weight is 311 g/mol. The first-order chi connectivity index (χ1) is 8.66. The summed E-state index contributed by atoms with van der Waals surface area (Å²) in [5, 5.41) is 3.32. The van der Waals surface area contributed by atoms with Gasteiger partial charge in [-0.05, 0) is 50.6 Å². The van der Waals surface area contributed by atoms with E-state index in [1.807, 2.05) is 0 Å². The minimum atomic E-state index is -3.06. The molecule has 0 radical (unpaired) electrons. The topological polar surface area (TPSA) is 58.2 Å². The van der Waals surface area contributed by atoms with E-state index in [1.165, 1.54) is 19.3 Å². The molecule has 1 saturated heterocycles. The molecule has 0 bridgehead atoms. The normalized spacial score (nSPS) is 25.8. The van der Waals surface area contributed by atoms with E-state index in [0.29, 0.717) is 24.1 Å². The molecule has 1 aliphatic heterocycles. The third-order valence-electron chi connectivity index (χ3n) is 4.17.